The van der Waals surface area contributed by atoms with Gasteiger partial charge in [-0.25, -0.2) is 0 Å². The molecule has 2 rings (SSSR count). The van der Waals surface area contributed by atoms with E-state index in [1.807, 2.05) is 52.8 Å². The van der Waals surface area contributed by atoms with E-state index in [9.17, 15) is 15.3 Å². The molecule has 0 aliphatic carbocycles. The lowest BCUT2D eigenvalue weighted by atomic mass is 9.84. The van der Waals surface area contributed by atoms with Crippen molar-refractivity contribution in [1.29, 1.82) is 0 Å². The van der Waals surface area contributed by atoms with Crippen LogP contribution in [0, 0.1) is 0 Å². The molecule has 0 unspecified atom stereocenters. The minimum Gasteiger partial charge on any atom is -0.507 e. The summed E-state index contributed by atoms with van der Waals surface area (Å²) in [5.74, 6) is 0.450. The molecular weight excluding hydrogens is 316 g/mol. The van der Waals surface area contributed by atoms with E-state index in [0.29, 0.717) is 23.3 Å². The lowest BCUT2D eigenvalue weighted by molar-refractivity contribution is -0.0446. The molecule has 0 amide bonds. The molecule has 1 aliphatic rings. The van der Waals surface area contributed by atoms with Gasteiger partial charge in [-0.3, -0.25) is 0 Å². The average molecular weight is 344 g/mol. The molecule has 4 nitrogen and oxygen atoms in total. The van der Waals surface area contributed by atoms with Gasteiger partial charge < -0.3 is 20.1 Å². The number of aliphatic hydroxyl groups excluding tert-OH is 1. The van der Waals surface area contributed by atoms with E-state index in [2.05, 4.69) is 6.58 Å². The van der Waals surface area contributed by atoms with Crippen molar-refractivity contribution in [3.63, 3.8) is 0 Å². The molecule has 25 heavy (non-hydrogen) atoms. The fourth-order valence-electron chi connectivity index (χ4n) is 3.39. The van der Waals surface area contributed by atoms with Gasteiger partial charge in [0.15, 0.2) is 6.29 Å². The predicted molar refractivity (Wildman–Crippen MR) is 101 cm³/mol. The van der Waals surface area contributed by atoms with Crippen LogP contribution >= 0.6 is 0 Å². The number of rotatable bonds is 5. The number of phenols is 1. The summed E-state index contributed by atoms with van der Waals surface area (Å²) in [5, 5.41) is 30.3. The third kappa shape index (κ3) is 3.65. The molecule has 0 radical (unpaired) electrons. The largest absolute Gasteiger partial charge is 0.507 e. The maximum absolute atomic E-state index is 10.8. The van der Waals surface area contributed by atoms with Crippen LogP contribution in [0.3, 0.4) is 0 Å². The monoisotopic (exact) mass is 344 g/mol. The van der Waals surface area contributed by atoms with Gasteiger partial charge in [0.05, 0.1) is 11.1 Å². The number of hydrogen-bond acceptors (Lipinski definition) is 4. The Hall–Kier alpha value is -2.04. The number of phenolic OH excluding ortho intramolecular Hbond substituents is 1. The Morgan fingerprint density at radius 2 is 2.00 bits per heavy atom. The minimum atomic E-state index is -1.73. The second-order valence-electron chi connectivity index (χ2n) is 7.13. The van der Waals surface area contributed by atoms with Crippen LogP contribution in [0.1, 0.15) is 64.0 Å². The molecule has 0 spiro atoms. The van der Waals surface area contributed by atoms with E-state index in [0.717, 1.165) is 23.1 Å². The molecule has 1 aliphatic heterocycles. The van der Waals surface area contributed by atoms with Crippen molar-refractivity contribution < 1.29 is 20.1 Å². The first-order chi connectivity index (χ1) is 11.6. The number of hydrogen-bond donors (Lipinski definition) is 3. The lowest BCUT2D eigenvalue weighted by Crippen LogP contribution is -2.34. The summed E-state index contributed by atoms with van der Waals surface area (Å²) in [7, 11) is 0. The van der Waals surface area contributed by atoms with Crippen molar-refractivity contribution in [2.45, 2.75) is 59.4 Å². The van der Waals surface area contributed by atoms with E-state index < -0.39 is 11.9 Å². The first kappa shape index (κ1) is 19.3. The molecular formula is C21H28O4. The van der Waals surface area contributed by atoms with Gasteiger partial charge in [-0.1, -0.05) is 37.6 Å². The van der Waals surface area contributed by atoms with Crippen LogP contribution in [0.5, 0.6) is 11.5 Å². The third-order valence-corrected chi connectivity index (χ3v) is 4.49. The Labute approximate surface area is 149 Å². The van der Waals surface area contributed by atoms with Crippen LogP contribution in [-0.2, 0) is 6.42 Å². The van der Waals surface area contributed by atoms with Crippen LogP contribution in [0.2, 0.25) is 0 Å². The maximum atomic E-state index is 10.8. The topological polar surface area (TPSA) is 69.9 Å². The van der Waals surface area contributed by atoms with Crippen molar-refractivity contribution >= 4 is 5.57 Å². The highest BCUT2D eigenvalue weighted by Crippen LogP contribution is 2.48. The predicted octanol–water partition coefficient (Wildman–Crippen LogP) is 4.40. The molecule has 136 valence electrons. The Balaban J connectivity index is 2.76. The van der Waals surface area contributed by atoms with E-state index >= 15 is 0 Å². The summed E-state index contributed by atoms with van der Waals surface area (Å²) < 4.78 is 6.18. The van der Waals surface area contributed by atoms with Crippen LogP contribution in [-0.4, -0.2) is 20.9 Å². The highest BCUT2D eigenvalue weighted by molar-refractivity contribution is 5.82. The molecule has 0 aromatic heterocycles. The van der Waals surface area contributed by atoms with Crippen molar-refractivity contribution in [2.75, 3.05) is 0 Å². The number of ether oxygens (including phenoxy) is 1. The summed E-state index contributed by atoms with van der Waals surface area (Å²) in [6.45, 7) is 13.6. The molecule has 0 saturated heterocycles. The van der Waals surface area contributed by atoms with Crippen molar-refractivity contribution in [3.05, 3.63) is 52.6 Å². The molecule has 0 bridgehead atoms. The highest BCUT2D eigenvalue weighted by Gasteiger charge is 2.35. The van der Waals surface area contributed by atoms with Gasteiger partial charge in [-0.2, -0.15) is 0 Å². The van der Waals surface area contributed by atoms with Crippen LogP contribution in [0.4, 0.5) is 0 Å². The summed E-state index contributed by atoms with van der Waals surface area (Å²) in [6.07, 6.45) is 3.56. The Morgan fingerprint density at radius 3 is 2.52 bits per heavy atom. The van der Waals surface area contributed by atoms with Crippen molar-refractivity contribution in [1.82, 2.24) is 0 Å². The van der Waals surface area contributed by atoms with Gasteiger partial charge in [0.1, 0.15) is 17.1 Å². The standard InChI is InChI=1S/C21H28O4/c1-7-8-14-11-16-17(19(22)18(14)20(23)24)13(4)15(10-9-12(2)3)21(5,6)25-16/h9-11,20,22-24H,2,7-8H2,1,3-6H3/b10-9-. The Bertz CT molecular complexity index is 752. The number of aryl methyl sites for hydroxylation is 1. The molecule has 4 heteroatoms. The van der Waals surface area contributed by atoms with E-state index in [1.54, 1.807) is 0 Å². The molecule has 0 atom stereocenters. The van der Waals surface area contributed by atoms with Gasteiger partial charge in [-0.05, 0) is 56.9 Å². The van der Waals surface area contributed by atoms with E-state index in [4.69, 9.17) is 4.74 Å². The summed E-state index contributed by atoms with van der Waals surface area (Å²) in [5.41, 5.74) is 3.48. The van der Waals surface area contributed by atoms with Gasteiger partial charge in [0, 0.05) is 0 Å². The third-order valence-electron chi connectivity index (χ3n) is 4.49. The van der Waals surface area contributed by atoms with Gasteiger partial charge in [-0.15, -0.1) is 0 Å². The molecule has 1 aromatic carbocycles. The molecule has 1 aromatic rings. The smallest absolute Gasteiger partial charge is 0.182 e. The quantitative estimate of drug-likeness (QED) is 0.547. The lowest BCUT2D eigenvalue weighted by Gasteiger charge is -2.36. The normalized spacial score (nSPS) is 16.3. The number of aromatic hydroxyl groups is 1. The minimum absolute atomic E-state index is 0.120. The summed E-state index contributed by atoms with van der Waals surface area (Å²) in [6, 6.07) is 1.82. The second kappa shape index (κ2) is 7.06. The first-order valence-corrected chi connectivity index (χ1v) is 8.59. The van der Waals surface area contributed by atoms with Gasteiger partial charge in [0.25, 0.3) is 0 Å². The summed E-state index contributed by atoms with van der Waals surface area (Å²) >= 11 is 0. The van der Waals surface area contributed by atoms with E-state index in [1.165, 1.54) is 0 Å². The Morgan fingerprint density at radius 1 is 1.36 bits per heavy atom. The fourth-order valence-corrected chi connectivity index (χ4v) is 3.39. The maximum Gasteiger partial charge on any atom is 0.182 e. The zero-order valence-electron chi connectivity index (χ0n) is 15.7. The number of allylic oxidation sites excluding steroid dienone is 3. The van der Waals surface area contributed by atoms with Crippen LogP contribution in [0.15, 0.2) is 35.9 Å². The van der Waals surface area contributed by atoms with Crippen molar-refractivity contribution in [3.8, 4) is 11.5 Å². The molecule has 3 N–H and O–H groups in total. The first-order valence-electron chi connectivity index (χ1n) is 8.59. The molecule has 0 saturated carbocycles. The van der Waals surface area contributed by atoms with Crippen LogP contribution < -0.4 is 4.74 Å². The highest BCUT2D eigenvalue weighted by atomic mass is 16.5. The summed E-state index contributed by atoms with van der Waals surface area (Å²) in [4.78, 5) is 0. The Kier molecular flexibility index (Phi) is 5.45. The van der Waals surface area contributed by atoms with Crippen LogP contribution in [0.25, 0.3) is 5.57 Å². The molecule has 0 fully saturated rings. The number of fused-ring (bicyclic) bond motifs is 1. The zero-order chi connectivity index (χ0) is 18.9. The van der Waals surface area contributed by atoms with Gasteiger partial charge >= 0.3 is 0 Å². The number of aliphatic hydroxyl groups is 2. The second-order valence-corrected chi connectivity index (χ2v) is 7.13. The van der Waals surface area contributed by atoms with E-state index in [-0.39, 0.29) is 11.3 Å². The SMILES string of the molecule is C=C(C)/C=C\C1=C(C)c2c(cc(CCC)c(C(O)O)c2O)OC1(C)C. The fraction of sp³-hybridized carbons (Fsp3) is 0.429. The molecule has 1 heterocycles. The number of benzene rings is 1. The van der Waals surface area contributed by atoms with Gasteiger partial charge in [0.2, 0.25) is 0 Å². The average Bonchev–Trinajstić information content (AvgIpc) is 2.44. The van der Waals surface area contributed by atoms with Crippen molar-refractivity contribution in [2.24, 2.45) is 0 Å². The zero-order valence-corrected chi connectivity index (χ0v) is 15.7.